The van der Waals surface area contributed by atoms with Crippen LogP contribution in [0, 0.1) is 6.92 Å². The summed E-state index contributed by atoms with van der Waals surface area (Å²) in [7, 11) is -1.55. The monoisotopic (exact) mass is 379 g/mol. The van der Waals surface area contributed by atoms with Crippen LogP contribution in [0.1, 0.15) is 15.2 Å². The summed E-state index contributed by atoms with van der Waals surface area (Å²) in [6, 6.07) is 9.95. The third-order valence-corrected chi connectivity index (χ3v) is 7.03. The Labute approximate surface area is 152 Å². The molecular formula is C17H21N3O3S2. The Bertz CT molecular complexity index is 852. The van der Waals surface area contributed by atoms with E-state index in [1.165, 1.54) is 11.3 Å². The predicted octanol–water partition coefficient (Wildman–Crippen LogP) is 2.24. The largest absolute Gasteiger partial charge is 0.336 e. The summed E-state index contributed by atoms with van der Waals surface area (Å²) < 4.78 is 27.5. The van der Waals surface area contributed by atoms with Crippen LogP contribution in [0.5, 0.6) is 0 Å². The van der Waals surface area contributed by atoms with E-state index in [0.717, 1.165) is 18.0 Å². The highest BCUT2D eigenvalue weighted by Gasteiger charge is 2.21. The number of anilines is 1. The van der Waals surface area contributed by atoms with Crippen LogP contribution >= 0.6 is 11.3 Å². The maximum Gasteiger partial charge on any atom is 0.271 e. The quantitative estimate of drug-likeness (QED) is 0.885. The lowest BCUT2D eigenvalue weighted by atomic mass is 10.1. The van der Waals surface area contributed by atoms with Gasteiger partial charge in [0.15, 0.2) is 0 Å². The molecule has 1 fully saturated rings. The van der Waals surface area contributed by atoms with Gasteiger partial charge < -0.3 is 9.80 Å². The van der Waals surface area contributed by atoms with Gasteiger partial charge in [-0.3, -0.25) is 9.52 Å². The van der Waals surface area contributed by atoms with Crippen LogP contribution in [0.4, 0.5) is 5.69 Å². The molecule has 1 N–H and O–H groups in total. The summed E-state index contributed by atoms with van der Waals surface area (Å²) in [5.74, 6) is -0.0172. The maximum absolute atomic E-state index is 12.5. The molecule has 134 valence electrons. The normalized spacial score (nSPS) is 16.0. The van der Waals surface area contributed by atoms with Crippen LogP contribution in [0.2, 0.25) is 0 Å². The van der Waals surface area contributed by atoms with Crippen molar-refractivity contribution in [2.45, 2.75) is 11.1 Å². The number of piperazine rings is 1. The summed E-state index contributed by atoms with van der Waals surface area (Å²) in [4.78, 5) is 17.5. The molecule has 6 nitrogen and oxygen atoms in total. The van der Waals surface area contributed by atoms with E-state index in [-0.39, 0.29) is 10.1 Å². The molecule has 0 spiro atoms. The number of carbonyl (C=O) groups excluding carboxylic acids is 1. The number of hydrogen-bond donors (Lipinski definition) is 1. The van der Waals surface area contributed by atoms with Crippen LogP contribution in [-0.4, -0.2) is 57.4 Å². The van der Waals surface area contributed by atoms with Crippen molar-refractivity contribution in [2.24, 2.45) is 0 Å². The number of carbonyl (C=O) groups is 1. The molecule has 0 aliphatic carbocycles. The Morgan fingerprint density at radius 1 is 1.04 bits per heavy atom. The fraction of sp³-hybridized carbons (Fsp3) is 0.353. The Hall–Kier alpha value is -1.90. The van der Waals surface area contributed by atoms with Crippen LogP contribution < -0.4 is 4.72 Å². The molecular weight excluding hydrogens is 358 g/mol. The highest BCUT2D eigenvalue weighted by Crippen LogP contribution is 2.23. The van der Waals surface area contributed by atoms with E-state index in [9.17, 15) is 13.2 Å². The average Bonchev–Trinajstić information content (AvgIpc) is 3.03. The smallest absolute Gasteiger partial charge is 0.271 e. The van der Waals surface area contributed by atoms with Gasteiger partial charge in [0.2, 0.25) is 0 Å². The van der Waals surface area contributed by atoms with Crippen molar-refractivity contribution in [1.29, 1.82) is 0 Å². The Morgan fingerprint density at radius 3 is 2.24 bits per heavy atom. The minimum atomic E-state index is -3.58. The standard InChI is InChI=1S/C17H21N3O3S2/c1-13-3-8-16(24-13)25(22,23)18-15-6-4-14(5-7-15)17(21)20-11-9-19(2)10-12-20/h3-8,18H,9-12H2,1-2H3. The van der Waals surface area contributed by atoms with Gasteiger partial charge in [0.25, 0.3) is 15.9 Å². The van der Waals surface area contributed by atoms with Crippen LogP contribution in [0.3, 0.4) is 0 Å². The van der Waals surface area contributed by atoms with Gasteiger partial charge >= 0.3 is 0 Å². The molecule has 8 heteroatoms. The van der Waals surface area contributed by atoms with Gasteiger partial charge in [-0.15, -0.1) is 11.3 Å². The summed E-state index contributed by atoms with van der Waals surface area (Å²) in [6.45, 7) is 5.01. The van der Waals surface area contributed by atoms with E-state index in [4.69, 9.17) is 0 Å². The van der Waals surface area contributed by atoms with Gasteiger partial charge in [-0.05, 0) is 50.4 Å². The molecule has 1 saturated heterocycles. The second-order valence-corrected chi connectivity index (χ2v) is 9.34. The number of thiophene rings is 1. The highest BCUT2D eigenvalue weighted by atomic mass is 32.2. The molecule has 1 amide bonds. The molecule has 1 aromatic heterocycles. The minimum Gasteiger partial charge on any atom is -0.336 e. The van der Waals surface area contributed by atoms with Crippen LogP contribution in [0.25, 0.3) is 0 Å². The van der Waals surface area contributed by atoms with Crippen molar-refractivity contribution in [3.63, 3.8) is 0 Å². The molecule has 1 aromatic carbocycles. The molecule has 0 atom stereocenters. The van der Waals surface area contributed by atoms with E-state index in [1.54, 1.807) is 36.4 Å². The van der Waals surface area contributed by atoms with E-state index >= 15 is 0 Å². The fourth-order valence-corrected chi connectivity index (χ4v) is 4.98. The van der Waals surface area contributed by atoms with Gasteiger partial charge in [-0.2, -0.15) is 0 Å². The summed E-state index contributed by atoms with van der Waals surface area (Å²) in [5, 5.41) is 0. The topological polar surface area (TPSA) is 69.7 Å². The van der Waals surface area contributed by atoms with Crippen LogP contribution in [-0.2, 0) is 10.0 Å². The van der Waals surface area contributed by atoms with Gasteiger partial charge in [-0.1, -0.05) is 0 Å². The van der Waals surface area contributed by atoms with E-state index in [2.05, 4.69) is 9.62 Å². The van der Waals surface area contributed by atoms with Crippen molar-refractivity contribution < 1.29 is 13.2 Å². The second-order valence-electron chi connectivity index (χ2n) is 6.14. The van der Waals surface area contributed by atoms with Crippen molar-refractivity contribution in [3.05, 3.63) is 46.8 Å². The first kappa shape index (κ1) is 17.9. The first-order chi connectivity index (χ1) is 11.8. The average molecular weight is 380 g/mol. The molecule has 25 heavy (non-hydrogen) atoms. The molecule has 2 aromatic rings. The Balaban J connectivity index is 1.69. The van der Waals surface area contributed by atoms with Crippen LogP contribution in [0.15, 0.2) is 40.6 Å². The number of nitrogens with one attached hydrogen (secondary N) is 1. The zero-order valence-electron chi connectivity index (χ0n) is 14.2. The molecule has 1 aliphatic heterocycles. The summed E-state index contributed by atoms with van der Waals surface area (Å²) in [5.41, 5.74) is 1.01. The number of benzene rings is 1. The number of aryl methyl sites for hydroxylation is 1. The molecule has 0 saturated carbocycles. The van der Waals surface area contributed by atoms with Gasteiger partial charge in [0.1, 0.15) is 4.21 Å². The van der Waals surface area contributed by atoms with E-state index in [1.807, 2.05) is 18.9 Å². The van der Waals surface area contributed by atoms with Crippen molar-refractivity contribution in [3.8, 4) is 0 Å². The van der Waals surface area contributed by atoms with Gasteiger partial charge in [-0.25, -0.2) is 8.42 Å². The lowest BCUT2D eigenvalue weighted by Crippen LogP contribution is -2.47. The number of hydrogen-bond acceptors (Lipinski definition) is 5. The Kier molecular flexibility index (Phi) is 5.12. The lowest BCUT2D eigenvalue weighted by Gasteiger charge is -2.32. The number of rotatable bonds is 4. The first-order valence-corrected chi connectivity index (χ1v) is 10.3. The fourth-order valence-electron chi connectivity index (χ4n) is 2.63. The molecule has 0 unspecified atom stereocenters. The zero-order valence-corrected chi connectivity index (χ0v) is 15.9. The third-order valence-electron chi connectivity index (χ3n) is 4.16. The number of amides is 1. The van der Waals surface area contributed by atoms with Crippen molar-refractivity contribution in [1.82, 2.24) is 9.80 Å². The first-order valence-electron chi connectivity index (χ1n) is 8.02. The highest BCUT2D eigenvalue weighted by molar-refractivity contribution is 7.94. The summed E-state index contributed by atoms with van der Waals surface area (Å²) in [6.07, 6.45) is 0. The molecule has 0 radical (unpaired) electrons. The zero-order chi connectivity index (χ0) is 18.0. The van der Waals surface area contributed by atoms with Gasteiger partial charge in [0, 0.05) is 42.3 Å². The minimum absolute atomic E-state index is 0.0172. The number of likely N-dealkylation sites (N-methyl/N-ethyl adjacent to an activating group) is 1. The summed E-state index contributed by atoms with van der Waals surface area (Å²) >= 11 is 1.23. The number of nitrogens with zero attached hydrogens (tertiary/aromatic N) is 2. The second kappa shape index (κ2) is 7.15. The third kappa shape index (κ3) is 4.20. The molecule has 3 rings (SSSR count). The Morgan fingerprint density at radius 2 is 1.68 bits per heavy atom. The molecule has 2 heterocycles. The lowest BCUT2D eigenvalue weighted by molar-refractivity contribution is 0.0664. The maximum atomic E-state index is 12.5. The van der Waals surface area contributed by atoms with Gasteiger partial charge in [0.05, 0.1) is 0 Å². The SMILES string of the molecule is Cc1ccc(S(=O)(=O)Nc2ccc(C(=O)N3CCN(C)CC3)cc2)s1. The number of sulfonamides is 1. The van der Waals surface area contributed by atoms with Crippen molar-refractivity contribution >= 4 is 33.0 Å². The predicted molar refractivity (Wildman–Crippen MR) is 99.7 cm³/mol. The molecule has 1 aliphatic rings. The van der Waals surface area contributed by atoms with E-state index in [0.29, 0.717) is 24.3 Å². The molecule has 0 bridgehead atoms. The van der Waals surface area contributed by atoms with Crippen molar-refractivity contribution in [2.75, 3.05) is 37.9 Å². The van der Waals surface area contributed by atoms with E-state index < -0.39 is 10.0 Å².